The molecule has 0 spiro atoms. The van der Waals surface area contributed by atoms with Crippen LogP contribution in [0, 0.1) is 18.7 Å². The molecule has 0 aliphatic carbocycles. The van der Waals surface area contributed by atoms with Crippen molar-refractivity contribution in [2.24, 2.45) is 5.92 Å². The van der Waals surface area contributed by atoms with E-state index in [9.17, 15) is 9.18 Å². The molecule has 3 rings (SSSR count). The van der Waals surface area contributed by atoms with Gasteiger partial charge in [0.1, 0.15) is 5.82 Å². The summed E-state index contributed by atoms with van der Waals surface area (Å²) in [6.07, 6.45) is 1.75. The Morgan fingerprint density at radius 1 is 1.16 bits per heavy atom. The Labute approximate surface area is 148 Å². The molecule has 1 fully saturated rings. The normalized spacial score (nSPS) is 15.9. The Hall–Kier alpha value is -2.20. The number of likely N-dealkylation sites (tertiary alicyclic amines) is 1. The lowest BCUT2D eigenvalue weighted by atomic mass is 9.95. The molecule has 0 aromatic heterocycles. The molecule has 0 bridgehead atoms. The summed E-state index contributed by atoms with van der Waals surface area (Å²) in [7, 11) is 0. The average Bonchev–Trinajstić information content (AvgIpc) is 2.62. The van der Waals surface area contributed by atoms with Crippen LogP contribution in [0.3, 0.4) is 0 Å². The summed E-state index contributed by atoms with van der Waals surface area (Å²) in [5.41, 5.74) is 3.47. The summed E-state index contributed by atoms with van der Waals surface area (Å²) >= 11 is 0. The quantitative estimate of drug-likeness (QED) is 0.901. The number of rotatable bonds is 5. The summed E-state index contributed by atoms with van der Waals surface area (Å²) in [5, 5.41) is 2.95. The number of carbonyl (C=O) groups excluding carboxylic acids is 1. The number of amides is 1. The van der Waals surface area contributed by atoms with Gasteiger partial charge in [0, 0.05) is 19.0 Å². The van der Waals surface area contributed by atoms with Crippen molar-refractivity contribution in [2.45, 2.75) is 32.9 Å². The van der Waals surface area contributed by atoms with Crippen LogP contribution in [0.4, 0.5) is 4.39 Å². The number of aryl methyl sites for hydroxylation is 1. The van der Waals surface area contributed by atoms with Crippen molar-refractivity contribution in [3.8, 4) is 0 Å². The average molecular weight is 340 g/mol. The summed E-state index contributed by atoms with van der Waals surface area (Å²) < 4.78 is 13.2. The van der Waals surface area contributed by atoms with E-state index in [4.69, 9.17) is 0 Å². The first-order valence-corrected chi connectivity index (χ1v) is 8.91. The van der Waals surface area contributed by atoms with Gasteiger partial charge in [0.05, 0.1) is 0 Å². The van der Waals surface area contributed by atoms with Gasteiger partial charge in [-0.05, 0) is 61.7 Å². The first-order valence-electron chi connectivity index (χ1n) is 8.91. The molecule has 1 heterocycles. The lowest BCUT2D eigenvalue weighted by molar-refractivity contribution is -0.126. The minimum Gasteiger partial charge on any atom is -0.352 e. The van der Waals surface area contributed by atoms with Gasteiger partial charge in [-0.1, -0.05) is 36.4 Å². The van der Waals surface area contributed by atoms with Crippen molar-refractivity contribution >= 4 is 5.91 Å². The maximum Gasteiger partial charge on any atom is 0.223 e. The first kappa shape index (κ1) is 17.6. The van der Waals surface area contributed by atoms with Crippen LogP contribution in [0.25, 0.3) is 0 Å². The molecular weight excluding hydrogens is 315 g/mol. The molecule has 0 saturated carbocycles. The SMILES string of the molecule is Cc1ccccc1CN1CCC(C(=O)NCc2cccc(F)c2)CC1. The van der Waals surface area contributed by atoms with Gasteiger partial charge in [-0.2, -0.15) is 0 Å². The summed E-state index contributed by atoms with van der Waals surface area (Å²) in [4.78, 5) is 14.8. The fourth-order valence-electron chi connectivity index (χ4n) is 3.36. The minimum atomic E-state index is -0.267. The zero-order chi connectivity index (χ0) is 17.6. The van der Waals surface area contributed by atoms with Gasteiger partial charge in [0.2, 0.25) is 5.91 Å². The summed E-state index contributed by atoms with van der Waals surface area (Å²) in [6.45, 7) is 5.35. The van der Waals surface area contributed by atoms with E-state index in [1.54, 1.807) is 6.07 Å². The second kappa shape index (κ2) is 8.26. The van der Waals surface area contributed by atoms with Crippen LogP contribution in [-0.4, -0.2) is 23.9 Å². The second-order valence-electron chi connectivity index (χ2n) is 6.82. The van der Waals surface area contributed by atoms with Gasteiger partial charge in [-0.3, -0.25) is 9.69 Å². The monoisotopic (exact) mass is 340 g/mol. The molecule has 0 unspecified atom stereocenters. The first-order chi connectivity index (χ1) is 12.1. The Morgan fingerprint density at radius 3 is 2.64 bits per heavy atom. The predicted octanol–water partition coefficient (Wildman–Crippen LogP) is 3.66. The number of nitrogens with zero attached hydrogens (tertiary/aromatic N) is 1. The number of hydrogen-bond acceptors (Lipinski definition) is 2. The molecule has 3 nitrogen and oxygen atoms in total. The highest BCUT2D eigenvalue weighted by Crippen LogP contribution is 2.20. The fraction of sp³-hybridized carbons (Fsp3) is 0.381. The molecule has 2 aromatic carbocycles. The van der Waals surface area contributed by atoms with E-state index in [1.807, 2.05) is 6.07 Å². The number of benzene rings is 2. The number of carbonyl (C=O) groups is 1. The Kier molecular flexibility index (Phi) is 5.82. The van der Waals surface area contributed by atoms with E-state index in [1.165, 1.54) is 23.3 Å². The van der Waals surface area contributed by atoms with Gasteiger partial charge < -0.3 is 5.32 Å². The van der Waals surface area contributed by atoms with Crippen molar-refractivity contribution in [1.29, 1.82) is 0 Å². The van der Waals surface area contributed by atoms with E-state index < -0.39 is 0 Å². The van der Waals surface area contributed by atoms with Crippen LogP contribution in [0.1, 0.15) is 29.5 Å². The standard InChI is InChI=1S/C21H25FN2O/c1-16-5-2-3-7-19(16)15-24-11-9-18(10-12-24)21(25)23-14-17-6-4-8-20(22)13-17/h2-8,13,18H,9-12,14-15H2,1H3,(H,23,25). The predicted molar refractivity (Wildman–Crippen MR) is 97.4 cm³/mol. The van der Waals surface area contributed by atoms with E-state index >= 15 is 0 Å². The van der Waals surface area contributed by atoms with Crippen molar-refractivity contribution in [2.75, 3.05) is 13.1 Å². The van der Waals surface area contributed by atoms with Crippen LogP contribution in [0.15, 0.2) is 48.5 Å². The van der Waals surface area contributed by atoms with Gasteiger partial charge >= 0.3 is 0 Å². The van der Waals surface area contributed by atoms with Gasteiger partial charge in [-0.15, -0.1) is 0 Å². The lowest BCUT2D eigenvalue weighted by Crippen LogP contribution is -2.40. The maximum absolute atomic E-state index is 13.2. The zero-order valence-electron chi connectivity index (χ0n) is 14.7. The van der Waals surface area contributed by atoms with Crippen LogP contribution < -0.4 is 5.32 Å². The minimum absolute atomic E-state index is 0.0571. The smallest absolute Gasteiger partial charge is 0.223 e. The second-order valence-corrected chi connectivity index (χ2v) is 6.82. The third-order valence-corrected chi connectivity index (χ3v) is 4.97. The van der Waals surface area contributed by atoms with Crippen LogP contribution in [0.5, 0.6) is 0 Å². The highest BCUT2D eigenvalue weighted by molar-refractivity contribution is 5.78. The summed E-state index contributed by atoms with van der Waals surface area (Å²) in [5.74, 6) is -0.127. The molecule has 1 aliphatic rings. The highest BCUT2D eigenvalue weighted by Gasteiger charge is 2.24. The molecular formula is C21H25FN2O. The van der Waals surface area contributed by atoms with Gasteiger partial charge in [0.15, 0.2) is 0 Å². The van der Waals surface area contributed by atoms with Crippen LogP contribution in [-0.2, 0) is 17.9 Å². The van der Waals surface area contributed by atoms with Crippen molar-refractivity contribution < 1.29 is 9.18 Å². The molecule has 4 heteroatoms. The van der Waals surface area contributed by atoms with Crippen molar-refractivity contribution in [3.05, 3.63) is 71.0 Å². The molecule has 1 amide bonds. The van der Waals surface area contributed by atoms with Gasteiger partial charge in [0.25, 0.3) is 0 Å². The van der Waals surface area contributed by atoms with Crippen molar-refractivity contribution in [3.63, 3.8) is 0 Å². The Balaban J connectivity index is 1.45. The third-order valence-electron chi connectivity index (χ3n) is 4.97. The van der Waals surface area contributed by atoms with E-state index in [2.05, 4.69) is 41.4 Å². The lowest BCUT2D eigenvalue weighted by Gasteiger charge is -2.31. The molecule has 1 N–H and O–H groups in total. The number of piperidine rings is 1. The molecule has 25 heavy (non-hydrogen) atoms. The van der Waals surface area contributed by atoms with Gasteiger partial charge in [-0.25, -0.2) is 4.39 Å². The third kappa shape index (κ3) is 4.89. The molecule has 132 valence electrons. The van der Waals surface area contributed by atoms with E-state index in [0.717, 1.165) is 38.0 Å². The number of hydrogen-bond donors (Lipinski definition) is 1. The number of nitrogens with one attached hydrogen (secondary N) is 1. The van der Waals surface area contributed by atoms with Crippen molar-refractivity contribution in [1.82, 2.24) is 10.2 Å². The Morgan fingerprint density at radius 2 is 1.92 bits per heavy atom. The fourth-order valence-corrected chi connectivity index (χ4v) is 3.36. The van der Waals surface area contributed by atoms with Crippen LogP contribution in [0.2, 0.25) is 0 Å². The maximum atomic E-state index is 13.2. The largest absolute Gasteiger partial charge is 0.352 e. The topological polar surface area (TPSA) is 32.3 Å². The molecule has 0 atom stereocenters. The molecule has 1 saturated heterocycles. The molecule has 0 radical (unpaired) electrons. The van der Waals surface area contributed by atoms with E-state index in [-0.39, 0.29) is 17.6 Å². The highest BCUT2D eigenvalue weighted by atomic mass is 19.1. The molecule has 1 aliphatic heterocycles. The Bertz CT molecular complexity index is 723. The van der Waals surface area contributed by atoms with E-state index in [0.29, 0.717) is 6.54 Å². The molecule has 2 aromatic rings. The summed E-state index contributed by atoms with van der Waals surface area (Å²) in [6, 6.07) is 14.8. The van der Waals surface area contributed by atoms with Crippen LogP contribution >= 0.6 is 0 Å². The zero-order valence-corrected chi connectivity index (χ0v) is 14.7. The number of halogens is 1.